The van der Waals surface area contributed by atoms with Crippen LogP contribution in [0.5, 0.6) is 5.75 Å². The Morgan fingerprint density at radius 1 is 1.03 bits per heavy atom. The molecule has 9 heteroatoms. The number of carbonyl (C=O) groups is 1. The van der Waals surface area contributed by atoms with Crippen LogP contribution in [0.1, 0.15) is 15.9 Å². The molecular weight excluding hydrogens is 409 g/mol. The maximum atomic E-state index is 13.3. The number of imidazole rings is 1. The number of anilines is 1. The van der Waals surface area contributed by atoms with Gasteiger partial charge in [0, 0.05) is 44.6 Å². The van der Waals surface area contributed by atoms with E-state index in [0.29, 0.717) is 32.1 Å². The molecule has 1 aliphatic heterocycles. The van der Waals surface area contributed by atoms with E-state index in [2.05, 4.69) is 4.98 Å². The van der Waals surface area contributed by atoms with Crippen LogP contribution >= 0.6 is 0 Å². The zero-order valence-electron chi connectivity index (χ0n) is 16.8. The van der Waals surface area contributed by atoms with Gasteiger partial charge in [-0.25, -0.2) is 4.98 Å². The van der Waals surface area contributed by atoms with Crippen molar-refractivity contribution in [2.75, 3.05) is 38.2 Å². The summed E-state index contributed by atoms with van der Waals surface area (Å²) >= 11 is 0. The molecule has 1 amide bonds. The first kappa shape index (κ1) is 20.8. The van der Waals surface area contributed by atoms with E-state index in [0.717, 1.165) is 17.5 Å². The number of alkyl halides is 3. The average Bonchev–Trinajstić information content (AvgIpc) is 3.28. The van der Waals surface area contributed by atoms with Crippen molar-refractivity contribution in [1.82, 2.24) is 14.5 Å². The molecule has 0 aliphatic carbocycles. The highest BCUT2D eigenvalue weighted by Gasteiger charge is 2.36. The minimum atomic E-state index is -4.57. The largest absolute Gasteiger partial charge is 0.497 e. The number of carbonyl (C=O) groups excluding carboxylic acids is 1. The summed E-state index contributed by atoms with van der Waals surface area (Å²) in [5.41, 5.74) is -0.346. The van der Waals surface area contributed by atoms with Crippen molar-refractivity contribution in [1.29, 1.82) is 0 Å². The smallest absolute Gasteiger partial charge is 0.417 e. The van der Waals surface area contributed by atoms with Crippen LogP contribution in [0.15, 0.2) is 60.9 Å². The second-order valence-electron chi connectivity index (χ2n) is 7.12. The lowest BCUT2D eigenvalue weighted by Crippen LogP contribution is -2.49. The zero-order chi connectivity index (χ0) is 22.0. The van der Waals surface area contributed by atoms with Crippen molar-refractivity contribution in [3.8, 4) is 11.4 Å². The van der Waals surface area contributed by atoms with Gasteiger partial charge in [0.25, 0.3) is 5.91 Å². The number of ether oxygens (including phenoxy) is 1. The first-order chi connectivity index (χ1) is 14.9. The predicted molar refractivity (Wildman–Crippen MR) is 110 cm³/mol. The van der Waals surface area contributed by atoms with Crippen LogP contribution in [0.2, 0.25) is 0 Å². The van der Waals surface area contributed by atoms with Gasteiger partial charge in [0.05, 0.1) is 23.9 Å². The third-order valence-corrected chi connectivity index (χ3v) is 5.27. The molecule has 1 aliphatic rings. The first-order valence-corrected chi connectivity index (χ1v) is 9.76. The van der Waals surface area contributed by atoms with Crippen LogP contribution in [0.4, 0.5) is 19.1 Å². The van der Waals surface area contributed by atoms with Crippen LogP contribution in [0.3, 0.4) is 0 Å². The molecule has 0 atom stereocenters. The van der Waals surface area contributed by atoms with Crippen molar-refractivity contribution in [3.63, 3.8) is 0 Å². The summed E-state index contributed by atoms with van der Waals surface area (Å²) in [5, 5.41) is 0. The molecule has 2 heterocycles. The SMILES string of the molecule is COc1cccc(-n2ccnc2N2CCN(C(=O)c3ccccc3C(F)(F)F)CC2)c1. The van der Waals surface area contributed by atoms with E-state index in [9.17, 15) is 18.0 Å². The van der Waals surface area contributed by atoms with E-state index in [4.69, 9.17) is 4.74 Å². The molecule has 0 radical (unpaired) electrons. The molecule has 31 heavy (non-hydrogen) atoms. The lowest BCUT2D eigenvalue weighted by atomic mass is 10.1. The number of amides is 1. The summed E-state index contributed by atoms with van der Waals surface area (Å²) in [7, 11) is 1.60. The van der Waals surface area contributed by atoms with Crippen molar-refractivity contribution in [2.24, 2.45) is 0 Å². The van der Waals surface area contributed by atoms with Gasteiger partial charge >= 0.3 is 6.18 Å². The maximum absolute atomic E-state index is 13.3. The molecule has 162 valence electrons. The molecule has 6 nitrogen and oxygen atoms in total. The van der Waals surface area contributed by atoms with E-state index >= 15 is 0 Å². The van der Waals surface area contributed by atoms with Crippen molar-refractivity contribution in [2.45, 2.75) is 6.18 Å². The van der Waals surface area contributed by atoms with Gasteiger partial charge in [-0.15, -0.1) is 0 Å². The van der Waals surface area contributed by atoms with Gasteiger partial charge in [0.15, 0.2) is 0 Å². The predicted octanol–water partition coefficient (Wildman–Crippen LogP) is 3.86. The van der Waals surface area contributed by atoms with Crippen LogP contribution in [0, 0.1) is 0 Å². The molecule has 0 unspecified atom stereocenters. The van der Waals surface area contributed by atoms with Gasteiger partial charge in [-0.1, -0.05) is 18.2 Å². The third kappa shape index (κ3) is 4.21. The highest BCUT2D eigenvalue weighted by molar-refractivity contribution is 5.96. The first-order valence-electron chi connectivity index (χ1n) is 9.76. The molecule has 0 N–H and O–H groups in total. The average molecular weight is 430 g/mol. The minimum absolute atomic E-state index is 0.302. The Hall–Kier alpha value is -3.49. The number of piperazine rings is 1. The van der Waals surface area contributed by atoms with Crippen LogP contribution < -0.4 is 9.64 Å². The van der Waals surface area contributed by atoms with Gasteiger partial charge < -0.3 is 14.5 Å². The van der Waals surface area contributed by atoms with Gasteiger partial charge in [0.2, 0.25) is 5.95 Å². The van der Waals surface area contributed by atoms with E-state index in [1.54, 1.807) is 13.3 Å². The minimum Gasteiger partial charge on any atom is -0.497 e. The number of halogens is 3. The number of benzene rings is 2. The van der Waals surface area contributed by atoms with Crippen LogP contribution in [0.25, 0.3) is 5.69 Å². The van der Waals surface area contributed by atoms with E-state index < -0.39 is 17.6 Å². The molecule has 3 aromatic rings. The summed E-state index contributed by atoms with van der Waals surface area (Å²) in [6, 6.07) is 12.5. The molecule has 0 spiro atoms. The number of rotatable bonds is 4. The lowest BCUT2D eigenvalue weighted by Gasteiger charge is -2.35. The summed E-state index contributed by atoms with van der Waals surface area (Å²) in [6.45, 7) is 1.52. The summed E-state index contributed by atoms with van der Waals surface area (Å²) in [5.74, 6) is 0.815. The number of methoxy groups -OCH3 is 1. The molecule has 4 rings (SSSR count). The summed E-state index contributed by atoms with van der Waals surface area (Å²) < 4.78 is 47.1. The lowest BCUT2D eigenvalue weighted by molar-refractivity contribution is -0.138. The normalized spacial score (nSPS) is 14.6. The molecule has 2 aromatic carbocycles. The zero-order valence-corrected chi connectivity index (χ0v) is 16.8. The quantitative estimate of drug-likeness (QED) is 0.631. The van der Waals surface area contributed by atoms with Gasteiger partial charge in [0.1, 0.15) is 5.75 Å². The van der Waals surface area contributed by atoms with E-state index in [1.165, 1.54) is 23.1 Å². The number of nitrogens with zero attached hydrogens (tertiary/aromatic N) is 4. The maximum Gasteiger partial charge on any atom is 0.417 e. The van der Waals surface area contributed by atoms with Gasteiger partial charge in [-0.3, -0.25) is 9.36 Å². The van der Waals surface area contributed by atoms with Gasteiger partial charge in [-0.05, 0) is 24.3 Å². The second-order valence-corrected chi connectivity index (χ2v) is 7.12. The Balaban J connectivity index is 1.50. The number of hydrogen-bond donors (Lipinski definition) is 0. The number of aromatic nitrogens is 2. The molecule has 1 aromatic heterocycles. The van der Waals surface area contributed by atoms with Crippen molar-refractivity contribution in [3.05, 3.63) is 72.1 Å². The Bertz CT molecular complexity index is 1070. The number of hydrogen-bond acceptors (Lipinski definition) is 4. The molecule has 0 saturated carbocycles. The van der Waals surface area contributed by atoms with E-state index in [-0.39, 0.29) is 5.56 Å². The highest BCUT2D eigenvalue weighted by Crippen LogP contribution is 2.32. The van der Waals surface area contributed by atoms with E-state index in [1.807, 2.05) is 39.9 Å². The Morgan fingerprint density at radius 3 is 2.48 bits per heavy atom. The fraction of sp³-hybridized carbons (Fsp3) is 0.273. The third-order valence-electron chi connectivity index (χ3n) is 5.27. The highest BCUT2D eigenvalue weighted by atomic mass is 19.4. The summed E-state index contributed by atoms with van der Waals surface area (Å²) in [4.78, 5) is 20.7. The summed E-state index contributed by atoms with van der Waals surface area (Å²) in [6.07, 6.45) is -1.05. The molecule has 1 saturated heterocycles. The molecule has 1 fully saturated rings. The Labute approximate surface area is 177 Å². The fourth-order valence-corrected chi connectivity index (χ4v) is 3.69. The Kier molecular flexibility index (Phi) is 5.58. The topological polar surface area (TPSA) is 50.6 Å². The monoisotopic (exact) mass is 430 g/mol. The fourth-order valence-electron chi connectivity index (χ4n) is 3.69. The molecular formula is C22H21F3N4O2. The second kappa shape index (κ2) is 8.33. The van der Waals surface area contributed by atoms with Crippen LogP contribution in [-0.2, 0) is 6.18 Å². The van der Waals surface area contributed by atoms with Crippen LogP contribution in [-0.4, -0.2) is 53.6 Å². The Morgan fingerprint density at radius 2 is 1.77 bits per heavy atom. The standard InChI is InChI=1S/C22H21F3N4O2/c1-31-17-6-4-5-16(15-17)29-10-9-26-21(29)28-13-11-27(12-14-28)20(30)18-7-2-3-8-19(18)22(23,24)25/h2-10,15H,11-14H2,1H3. The van der Waals surface area contributed by atoms with Gasteiger partial charge in [-0.2, -0.15) is 13.2 Å². The molecule has 0 bridgehead atoms. The van der Waals surface area contributed by atoms with Crippen molar-refractivity contribution >= 4 is 11.9 Å². The van der Waals surface area contributed by atoms with Crippen molar-refractivity contribution < 1.29 is 22.7 Å².